The second kappa shape index (κ2) is 12.3. The molecule has 2 N–H and O–H groups in total. The van der Waals surface area contributed by atoms with Gasteiger partial charge in [-0.3, -0.25) is 14.7 Å². The summed E-state index contributed by atoms with van der Waals surface area (Å²) in [6.45, 7) is 14.8. The Labute approximate surface area is 187 Å². The molecule has 7 heteroatoms. The van der Waals surface area contributed by atoms with Gasteiger partial charge in [0.2, 0.25) is 5.91 Å². The summed E-state index contributed by atoms with van der Waals surface area (Å²) < 4.78 is 0. The van der Waals surface area contributed by atoms with Crippen LogP contribution in [-0.2, 0) is 11.3 Å². The molecule has 0 aliphatic carbocycles. The number of rotatable bonds is 7. The highest BCUT2D eigenvalue weighted by Crippen LogP contribution is 2.16. The molecule has 1 fully saturated rings. The van der Waals surface area contributed by atoms with Gasteiger partial charge in [0.15, 0.2) is 5.96 Å². The van der Waals surface area contributed by atoms with E-state index in [0.29, 0.717) is 13.1 Å². The van der Waals surface area contributed by atoms with Crippen molar-refractivity contribution in [2.75, 3.05) is 45.8 Å². The van der Waals surface area contributed by atoms with E-state index in [1.165, 1.54) is 5.56 Å². The molecule has 6 nitrogen and oxygen atoms in total. The molecule has 1 aliphatic rings. The van der Waals surface area contributed by atoms with E-state index in [1.807, 2.05) is 20.8 Å². The molecule has 158 valence electrons. The number of carbonyl (C=O) groups is 1. The zero-order chi connectivity index (χ0) is 19.7. The Balaban J connectivity index is 0.00000392. The molecule has 28 heavy (non-hydrogen) atoms. The average molecular weight is 501 g/mol. The normalized spacial score (nSPS) is 15.7. The van der Waals surface area contributed by atoms with E-state index in [1.54, 1.807) is 0 Å². The Morgan fingerprint density at radius 3 is 2.21 bits per heavy atom. The molecule has 1 heterocycles. The van der Waals surface area contributed by atoms with Gasteiger partial charge in [-0.2, -0.15) is 0 Å². The van der Waals surface area contributed by atoms with Gasteiger partial charge in [-0.25, -0.2) is 0 Å². The van der Waals surface area contributed by atoms with Crippen molar-refractivity contribution in [1.82, 2.24) is 20.4 Å². The fourth-order valence-corrected chi connectivity index (χ4v) is 3.13. The molecule has 1 aromatic carbocycles. The van der Waals surface area contributed by atoms with E-state index in [0.717, 1.165) is 45.2 Å². The Morgan fingerprint density at radius 2 is 1.64 bits per heavy atom. The zero-order valence-electron chi connectivity index (χ0n) is 17.7. The predicted octanol–water partition coefficient (Wildman–Crippen LogP) is 2.55. The first-order valence-corrected chi connectivity index (χ1v) is 10.0. The Kier molecular flexibility index (Phi) is 10.8. The van der Waals surface area contributed by atoms with Crippen molar-refractivity contribution in [2.24, 2.45) is 10.4 Å². The van der Waals surface area contributed by atoms with Gasteiger partial charge in [0.1, 0.15) is 0 Å². The van der Waals surface area contributed by atoms with E-state index in [4.69, 9.17) is 4.99 Å². The van der Waals surface area contributed by atoms with Crippen molar-refractivity contribution in [3.05, 3.63) is 35.9 Å². The summed E-state index contributed by atoms with van der Waals surface area (Å²) in [7, 11) is 0. The van der Waals surface area contributed by atoms with Crippen LogP contribution in [-0.4, -0.2) is 67.5 Å². The summed E-state index contributed by atoms with van der Waals surface area (Å²) >= 11 is 0. The Hall–Kier alpha value is -1.35. The molecule has 1 saturated heterocycles. The number of carbonyl (C=O) groups excluding carboxylic acids is 1. The van der Waals surface area contributed by atoms with Crippen molar-refractivity contribution < 1.29 is 4.79 Å². The van der Waals surface area contributed by atoms with Gasteiger partial charge in [-0.05, 0) is 33.3 Å². The molecule has 1 aliphatic heterocycles. The lowest BCUT2D eigenvalue weighted by Gasteiger charge is -2.37. The van der Waals surface area contributed by atoms with Gasteiger partial charge in [0.25, 0.3) is 0 Å². The number of hydrogen-bond acceptors (Lipinski definition) is 3. The highest BCUT2D eigenvalue weighted by Gasteiger charge is 2.28. The SMILES string of the molecule is CCNC(=O)C(C)(C)CN=C(NCC)N1CCN(Cc2ccccc2)CC1.I. The topological polar surface area (TPSA) is 60.0 Å². The molecule has 1 aromatic rings. The summed E-state index contributed by atoms with van der Waals surface area (Å²) in [4.78, 5) is 21.8. The highest BCUT2D eigenvalue weighted by molar-refractivity contribution is 14.0. The third kappa shape index (κ3) is 7.58. The van der Waals surface area contributed by atoms with E-state index < -0.39 is 5.41 Å². The van der Waals surface area contributed by atoms with E-state index >= 15 is 0 Å². The highest BCUT2D eigenvalue weighted by atomic mass is 127. The van der Waals surface area contributed by atoms with Crippen LogP contribution in [0.15, 0.2) is 35.3 Å². The number of aliphatic imine (C=N–C) groups is 1. The first-order chi connectivity index (χ1) is 13.0. The molecule has 0 radical (unpaired) electrons. The summed E-state index contributed by atoms with van der Waals surface area (Å²) in [5, 5.41) is 6.29. The van der Waals surface area contributed by atoms with Crippen molar-refractivity contribution in [3.63, 3.8) is 0 Å². The maximum atomic E-state index is 12.2. The molecular weight excluding hydrogens is 465 g/mol. The summed E-state index contributed by atoms with van der Waals surface area (Å²) in [6.07, 6.45) is 0. The lowest BCUT2D eigenvalue weighted by atomic mass is 9.92. The van der Waals surface area contributed by atoms with Crippen LogP contribution in [0.2, 0.25) is 0 Å². The zero-order valence-corrected chi connectivity index (χ0v) is 20.0. The number of nitrogens with one attached hydrogen (secondary N) is 2. The number of guanidine groups is 1. The Bertz CT molecular complexity index is 612. The lowest BCUT2D eigenvalue weighted by Crippen LogP contribution is -2.52. The van der Waals surface area contributed by atoms with Gasteiger partial charge in [-0.1, -0.05) is 30.3 Å². The van der Waals surface area contributed by atoms with Crippen LogP contribution in [0.5, 0.6) is 0 Å². The smallest absolute Gasteiger partial charge is 0.227 e. The molecule has 0 saturated carbocycles. The largest absolute Gasteiger partial charge is 0.357 e. The first-order valence-electron chi connectivity index (χ1n) is 10.0. The third-order valence-electron chi connectivity index (χ3n) is 4.83. The minimum absolute atomic E-state index is 0. The lowest BCUT2D eigenvalue weighted by molar-refractivity contribution is -0.128. The molecule has 0 atom stereocenters. The first kappa shape index (κ1) is 24.7. The Morgan fingerprint density at radius 1 is 1.04 bits per heavy atom. The summed E-state index contributed by atoms with van der Waals surface area (Å²) in [5.74, 6) is 0.964. The number of piperazine rings is 1. The second-order valence-electron chi connectivity index (χ2n) is 7.66. The van der Waals surface area contributed by atoms with Crippen molar-refractivity contribution >= 4 is 35.8 Å². The molecule has 0 aromatic heterocycles. The van der Waals surface area contributed by atoms with Crippen LogP contribution in [0.4, 0.5) is 0 Å². The van der Waals surface area contributed by atoms with Crippen LogP contribution < -0.4 is 10.6 Å². The monoisotopic (exact) mass is 501 g/mol. The number of halogens is 1. The summed E-state index contributed by atoms with van der Waals surface area (Å²) in [6, 6.07) is 10.6. The fourth-order valence-electron chi connectivity index (χ4n) is 3.13. The standard InChI is InChI=1S/C21H35N5O.HI/c1-5-22-19(27)21(3,4)17-24-20(23-6-2)26-14-12-25(13-15-26)16-18-10-8-7-9-11-18;/h7-11H,5-6,12-17H2,1-4H3,(H,22,27)(H,23,24);1H. The van der Waals surface area contributed by atoms with Gasteiger partial charge in [0, 0.05) is 45.8 Å². The van der Waals surface area contributed by atoms with Crippen LogP contribution in [0.25, 0.3) is 0 Å². The quantitative estimate of drug-likeness (QED) is 0.343. The predicted molar refractivity (Wildman–Crippen MR) is 127 cm³/mol. The molecular formula is C21H36IN5O. The molecule has 0 unspecified atom stereocenters. The van der Waals surface area contributed by atoms with Crippen LogP contribution in [0.1, 0.15) is 33.3 Å². The van der Waals surface area contributed by atoms with Gasteiger partial charge in [0.05, 0.1) is 12.0 Å². The number of hydrogen-bond donors (Lipinski definition) is 2. The molecule has 0 spiro atoms. The number of amides is 1. The second-order valence-corrected chi connectivity index (χ2v) is 7.66. The van der Waals surface area contributed by atoms with Crippen molar-refractivity contribution in [1.29, 1.82) is 0 Å². The van der Waals surface area contributed by atoms with Crippen molar-refractivity contribution in [3.8, 4) is 0 Å². The minimum atomic E-state index is -0.508. The summed E-state index contributed by atoms with van der Waals surface area (Å²) in [5.41, 5.74) is 0.849. The van der Waals surface area contributed by atoms with E-state index in [-0.39, 0.29) is 29.9 Å². The molecule has 0 bridgehead atoms. The van der Waals surface area contributed by atoms with Crippen molar-refractivity contribution in [2.45, 2.75) is 34.2 Å². The maximum absolute atomic E-state index is 12.2. The van der Waals surface area contributed by atoms with E-state index in [9.17, 15) is 4.79 Å². The van der Waals surface area contributed by atoms with Crippen LogP contribution in [0.3, 0.4) is 0 Å². The maximum Gasteiger partial charge on any atom is 0.227 e. The van der Waals surface area contributed by atoms with Crippen LogP contribution >= 0.6 is 24.0 Å². The number of nitrogens with zero attached hydrogens (tertiary/aromatic N) is 3. The van der Waals surface area contributed by atoms with Gasteiger partial charge in [-0.15, -0.1) is 24.0 Å². The van der Waals surface area contributed by atoms with E-state index in [2.05, 4.69) is 57.7 Å². The molecule has 1 amide bonds. The van der Waals surface area contributed by atoms with Crippen LogP contribution in [0, 0.1) is 5.41 Å². The average Bonchev–Trinajstić information content (AvgIpc) is 2.67. The fraction of sp³-hybridized carbons (Fsp3) is 0.619. The third-order valence-corrected chi connectivity index (χ3v) is 4.83. The minimum Gasteiger partial charge on any atom is -0.357 e. The van der Waals surface area contributed by atoms with Gasteiger partial charge < -0.3 is 15.5 Å². The van der Waals surface area contributed by atoms with Gasteiger partial charge >= 0.3 is 0 Å². The number of benzene rings is 1. The molecule has 2 rings (SSSR count).